The maximum Gasteiger partial charge on any atom is 0.169 e. The fourth-order valence-corrected chi connectivity index (χ4v) is 3.58. The highest BCUT2D eigenvalue weighted by atomic mass is 32.1. The Balaban J connectivity index is 1.44. The molecule has 2 aromatic rings. The van der Waals surface area contributed by atoms with Crippen LogP contribution in [0.1, 0.15) is 5.56 Å². The zero-order chi connectivity index (χ0) is 19.9. The molecule has 150 valence electrons. The average molecular weight is 402 g/mol. The molecule has 0 bridgehead atoms. The van der Waals surface area contributed by atoms with E-state index in [9.17, 15) is 5.11 Å². The van der Waals surface area contributed by atoms with Crippen LogP contribution < -0.4 is 19.7 Å². The Bertz CT molecular complexity index is 790. The first kappa shape index (κ1) is 20.1. The maximum absolute atomic E-state index is 9.42. The van der Waals surface area contributed by atoms with Crippen molar-refractivity contribution in [3.8, 4) is 17.2 Å². The topological polar surface area (TPSA) is 57.2 Å². The number of aromatic hydroxyl groups is 1. The summed E-state index contributed by atoms with van der Waals surface area (Å²) in [6.07, 6.45) is 0.855. The highest BCUT2D eigenvalue weighted by Gasteiger charge is 2.19. The number of ether oxygens (including phenoxy) is 2. The van der Waals surface area contributed by atoms with E-state index < -0.39 is 0 Å². The third kappa shape index (κ3) is 4.98. The molecule has 0 amide bonds. The van der Waals surface area contributed by atoms with Gasteiger partial charge in [0, 0.05) is 38.4 Å². The molecule has 1 fully saturated rings. The number of thiocarbonyl (C=S) groups is 1. The van der Waals surface area contributed by atoms with Gasteiger partial charge >= 0.3 is 0 Å². The SMILES string of the molecule is COc1ccc(CCNC(=S)N2CCN(c3ccc(O)cc3)CC2)cc1OC. The van der Waals surface area contributed by atoms with E-state index in [1.165, 1.54) is 5.56 Å². The summed E-state index contributed by atoms with van der Waals surface area (Å²) in [6, 6.07) is 13.3. The first-order valence-corrected chi connectivity index (χ1v) is 9.79. The summed E-state index contributed by atoms with van der Waals surface area (Å²) in [4.78, 5) is 4.52. The number of hydrogen-bond acceptors (Lipinski definition) is 5. The molecule has 0 radical (unpaired) electrons. The van der Waals surface area contributed by atoms with Crippen molar-refractivity contribution in [1.82, 2.24) is 10.2 Å². The first-order valence-electron chi connectivity index (χ1n) is 9.38. The smallest absolute Gasteiger partial charge is 0.169 e. The monoisotopic (exact) mass is 401 g/mol. The van der Waals surface area contributed by atoms with Crippen LogP contribution in [-0.2, 0) is 6.42 Å². The number of anilines is 1. The van der Waals surface area contributed by atoms with Crippen molar-refractivity contribution in [1.29, 1.82) is 0 Å². The Morgan fingerprint density at radius 1 is 1.00 bits per heavy atom. The third-order valence-electron chi connectivity index (χ3n) is 4.92. The predicted molar refractivity (Wildman–Crippen MR) is 116 cm³/mol. The van der Waals surface area contributed by atoms with Gasteiger partial charge in [-0.25, -0.2) is 0 Å². The van der Waals surface area contributed by atoms with E-state index in [4.69, 9.17) is 21.7 Å². The summed E-state index contributed by atoms with van der Waals surface area (Å²) in [5.74, 6) is 1.77. The number of nitrogens with zero attached hydrogens (tertiary/aromatic N) is 2. The summed E-state index contributed by atoms with van der Waals surface area (Å²) in [6.45, 7) is 4.34. The van der Waals surface area contributed by atoms with Crippen LogP contribution in [0.4, 0.5) is 5.69 Å². The van der Waals surface area contributed by atoms with Crippen molar-refractivity contribution >= 4 is 23.0 Å². The Labute approximate surface area is 171 Å². The number of nitrogens with one attached hydrogen (secondary N) is 1. The van der Waals surface area contributed by atoms with Crippen LogP contribution in [0.15, 0.2) is 42.5 Å². The van der Waals surface area contributed by atoms with Gasteiger partial charge in [0.15, 0.2) is 16.6 Å². The maximum atomic E-state index is 9.42. The van der Waals surface area contributed by atoms with Gasteiger partial charge in [-0.1, -0.05) is 6.07 Å². The molecular formula is C21H27N3O3S. The van der Waals surface area contributed by atoms with E-state index in [0.29, 0.717) is 5.75 Å². The third-order valence-corrected chi connectivity index (χ3v) is 5.32. The molecule has 1 saturated heterocycles. The van der Waals surface area contributed by atoms with Gasteiger partial charge in [0.2, 0.25) is 0 Å². The molecule has 3 rings (SSSR count). The van der Waals surface area contributed by atoms with E-state index in [2.05, 4.69) is 15.1 Å². The molecule has 0 unspecified atom stereocenters. The molecular weight excluding hydrogens is 374 g/mol. The molecule has 2 aromatic carbocycles. The predicted octanol–water partition coefficient (Wildman–Crippen LogP) is 2.65. The van der Waals surface area contributed by atoms with Crippen LogP contribution in [0, 0.1) is 0 Å². The second kappa shape index (κ2) is 9.50. The van der Waals surface area contributed by atoms with E-state index in [0.717, 1.165) is 61.4 Å². The van der Waals surface area contributed by atoms with Gasteiger partial charge in [-0.15, -0.1) is 0 Å². The number of phenolic OH excluding ortho intramolecular Hbond substituents is 1. The van der Waals surface area contributed by atoms with E-state index in [1.54, 1.807) is 26.4 Å². The number of hydrogen-bond donors (Lipinski definition) is 2. The summed E-state index contributed by atoms with van der Waals surface area (Å²) in [7, 11) is 3.28. The van der Waals surface area contributed by atoms with Crippen molar-refractivity contribution in [3.63, 3.8) is 0 Å². The van der Waals surface area contributed by atoms with Gasteiger partial charge in [-0.05, 0) is 60.6 Å². The van der Waals surface area contributed by atoms with E-state index >= 15 is 0 Å². The van der Waals surface area contributed by atoms with Crippen molar-refractivity contribution in [3.05, 3.63) is 48.0 Å². The normalized spacial score (nSPS) is 13.9. The van der Waals surface area contributed by atoms with Crippen molar-refractivity contribution < 1.29 is 14.6 Å². The highest BCUT2D eigenvalue weighted by molar-refractivity contribution is 7.80. The lowest BCUT2D eigenvalue weighted by atomic mass is 10.1. The van der Waals surface area contributed by atoms with Crippen molar-refractivity contribution in [2.24, 2.45) is 0 Å². The Morgan fingerprint density at radius 2 is 1.68 bits per heavy atom. The molecule has 2 N–H and O–H groups in total. The lowest BCUT2D eigenvalue weighted by molar-refractivity contribution is 0.354. The van der Waals surface area contributed by atoms with Crippen molar-refractivity contribution in [2.75, 3.05) is 51.8 Å². The zero-order valence-corrected chi connectivity index (χ0v) is 17.2. The average Bonchev–Trinajstić information content (AvgIpc) is 2.74. The van der Waals surface area contributed by atoms with Crippen LogP contribution in [0.2, 0.25) is 0 Å². The molecule has 0 saturated carbocycles. The first-order chi connectivity index (χ1) is 13.6. The van der Waals surface area contributed by atoms with Crippen LogP contribution in [0.5, 0.6) is 17.2 Å². The molecule has 0 aromatic heterocycles. The van der Waals surface area contributed by atoms with Gasteiger partial charge in [0.25, 0.3) is 0 Å². The lowest BCUT2D eigenvalue weighted by Gasteiger charge is -2.37. The second-order valence-electron chi connectivity index (χ2n) is 6.66. The fourth-order valence-electron chi connectivity index (χ4n) is 3.29. The number of benzene rings is 2. The Hall–Kier alpha value is -2.67. The minimum Gasteiger partial charge on any atom is -0.508 e. The molecule has 0 aliphatic carbocycles. The summed E-state index contributed by atoms with van der Waals surface area (Å²) in [5, 5.41) is 13.6. The minimum absolute atomic E-state index is 0.294. The van der Waals surface area contributed by atoms with Crippen LogP contribution in [0.25, 0.3) is 0 Å². The number of rotatable bonds is 6. The van der Waals surface area contributed by atoms with Crippen LogP contribution in [0.3, 0.4) is 0 Å². The fraction of sp³-hybridized carbons (Fsp3) is 0.381. The summed E-state index contributed by atoms with van der Waals surface area (Å²) >= 11 is 5.57. The van der Waals surface area contributed by atoms with Gasteiger partial charge < -0.3 is 29.7 Å². The summed E-state index contributed by atoms with van der Waals surface area (Å²) < 4.78 is 10.6. The number of methoxy groups -OCH3 is 2. The van der Waals surface area contributed by atoms with Gasteiger partial charge in [-0.3, -0.25) is 0 Å². The second-order valence-corrected chi connectivity index (χ2v) is 7.05. The molecule has 0 atom stereocenters. The van der Waals surface area contributed by atoms with Gasteiger partial charge in [0.1, 0.15) is 5.75 Å². The molecule has 1 heterocycles. The lowest BCUT2D eigenvalue weighted by Crippen LogP contribution is -2.52. The molecule has 1 aliphatic heterocycles. The van der Waals surface area contributed by atoms with Gasteiger partial charge in [-0.2, -0.15) is 0 Å². The molecule has 0 spiro atoms. The quantitative estimate of drug-likeness (QED) is 0.722. The zero-order valence-electron chi connectivity index (χ0n) is 16.4. The summed E-state index contributed by atoms with van der Waals surface area (Å²) in [5.41, 5.74) is 2.30. The largest absolute Gasteiger partial charge is 0.508 e. The minimum atomic E-state index is 0.294. The number of piperazine rings is 1. The van der Waals surface area contributed by atoms with Crippen LogP contribution in [-0.4, -0.2) is 62.1 Å². The van der Waals surface area contributed by atoms with E-state index in [-0.39, 0.29) is 0 Å². The van der Waals surface area contributed by atoms with Crippen LogP contribution >= 0.6 is 12.2 Å². The number of phenols is 1. The molecule has 28 heavy (non-hydrogen) atoms. The molecule has 7 heteroatoms. The molecule has 1 aliphatic rings. The Morgan fingerprint density at radius 3 is 2.32 bits per heavy atom. The van der Waals surface area contributed by atoms with Crippen molar-refractivity contribution in [2.45, 2.75) is 6.42 Å². The Kier molecular flexibility index (Phi) is 6.81. The molecule has 6 nitrogen and oxygen atoms in total. The highest BCUT2D eigenvalue weighted by Crippen LogP contribution is 2.27. The standard InChI is InChI=1S/C21H27N3O3S/c1-26-19-8-3-16(15-20(19)27-2)9-10-22-21(28)24-13-11-23(12-14-24)17-4-6-18(25)7-5-17/h3-8,15,25H,9-14H2,1-2H3,(H,22,28). The van der Waals surface area contributed by atoms with Gasteiger partial charge in [0.05, 0.1) is 14.2 Å². The van der Waals surface area contributed by atoms with E-state index in [1.807, 2.05) is 30.3 Å².